The number of furan rings is 1. The van der Waals surface area contributed by atoms with Crippen LogP contribution in [0.4, 0.5) is 18.0 Å². The zero-order valence-electron chi connectivity index (χ0n) is 15.6. The number of urea groups is 1. The second-order valence-corrected chi connectivity index (χ2v) is 6.64. The molecule has 2 N–H and O–H groups in total. The minimum Gasteiger partial charge on any atom is -0.472 e. The molecule has 0 saturated heterocycles. The Labute approximate surface area is 169 Å². The summed E-state index contributed by atoms with van der Waals surface area (Å²) in [7, 11) is 0. The van der Waals surface area contributed by atoms with Crippen molar-refractivity contribution in [2.45, 2.75) is 19.3 Å². The Hall–Kier alpha value is -3.75. The highest BCUT2D eigenvalue weighted by Gasteiger charge is 2.34. The third-order valence-corrected chi connectivity index (χ3v) is 4.49. The van der Waals surface area contributed by atoms with Crippen LogP contribution in [0.2, 0.25) is 0 Å². The number of rotatable bonds is 5. The Morgan fingerprint density at radius 2 is 1.80 bits per heavy atom. The van der Waals surface area contributed by atoms with Crippen molar-refractivity contribution in [3.05, 3.63) is 84.2 Å². The summed E-state index contributed by atoms with van der Waals surface area (Å²) in [4.78, 5) is 16.1. The van der Waals surface area contributed by atoms with Gasteiger partial charge >= 0.3 is 12.2 Å². The van der Waals surface area contributed by atoms with Crippen LogP contribution in [0.25, 0.3) is 16.8 Å². The van der Waals surface area contributed by atoms with Crippen molar-refractivity contribution in [3.63, 3.8) is 0 Å². The van der Waals surface area contributed by atoms with E-state index in [4.69, 9.17) is 4.42 Å². The molecular formula is C21H17F3N4O2. The maximum atomic E-state index is 13.6. The SMILES string of the molecule is O=C(NCc1ccccc1)NCc1cn2cc(-c3ccoc3)cc(C(F)(F)F)c2n1. The molecule has 2 amide bonds. The Kier molecular flexibility index (Phi) is 5.18. The first-order valence-corrected chi connectivity index (χ1v) is 9.07. The number of hydrogen-bond acceptors (Lipinski definition) is 3. The van der Waals surface area contributed by atoms with Gasteiger partial charge in [0.15, 0.2) is 0 Å². The fourth-order valence-electron chi connectivity index (χ4n) is 3.04. The minimum absolute atomic E-state index is 0.0133. The summed E-state index contributed by atoms with van der Waals surface area (Å²) >= 11 is 0. The average molecular weight is 414 g/mol. The molecule has 0 saturated carbocycles. The van der Waals surface area contributed by atoms with Gasteiger partial charge < -0.3 is 19.5 Å². The first-order chi connectivity index (χ1) is 14.4. The van der Waals surface area contributed by atoms with Crippen molar-refractivity contribution in [2.24, 2.45) is 0 Å². The van der Waals surface area contributed by atoms with E-state index in [0.717, 1.165) is 11.6 Å². The molecule has 30 heavy (non-hydrogen) atoms. The number of imidazole rings is 1. The molecule has 0 aliphatic rings. The van der Waals surface area contributed by atoms with Gasteiger partial charge in [-0.25, -0.2) is 9.78 Å². The fourth-order valence-corrected chi connectivity index (χ4v) is 3.04. The molecule has 0 atom stereocenters. The zero-order valence-corrected chi connectivity index (χ0v) is 15.6. The highest BCUT2D eigenvalue weighted by atomic mass is 19.4. The molecule has 3 aromatic heterocycles. The number of aromatic nitrogens is 2. The van der Waals surface area contributed by atoms with Crippen molar-refractivity contribution in [1.29, 1.82) is 0 Å². The lowest BCUT2D eigenvalue weighted by molar-refractivity contribution is -0.136. The van der Waals surface area contributed by atoms with Gasteiger partial charge in [0.25, 0.3) is 0 Å². The van der Waals surface area contributed by atoms with E-state index in [9.17, 15) is 18.0 Å². The van der Waals surface area contributed by atoms with E-state index in [1.807, 2.05) is 30.3 Å². The van der Waals surface area contributed by atoms with Crippen molar-refractivity contribution in [1.82, 2.24) is 20.0 Å². The third-order valence-electron chi connectivity index (χ3n) is 4.49. The largest absolute Gasteiger partial charge is 0.472 e. The molecule has 154 valence electrons. The number of nitrogens with one attached hydrogen (secondary N) is 2. The average Bonchev–Trinajstić information content (AvgIpc) is 3.39. The van der Waals surface area contributed by atoms with E-state index in [-0.39, 0.29) is 12.2 Å². The lowest BCUT2D eigenvalue weighted by atomic mass is 10.1. The Morgan fingerprint density at radius 1 is 1.03 bits per heavy atom. The summed E-state index contributed by atoms with van der Waals surface area (Å²) in [5.41, 5.74) is 1.02. The van der Waals surface area contributed by atoms with Crippen LogP contribution in [0.5, 0.6) is 0 Å². The molecular weight excluding hydrogens is 397 g/mol. The summed E-state index contributed by atoms with van der Waals surface area (Å²) in [5, 5.41) is 5.30. The van der Waals surface area contributed by atoms with Crippen molar-refractivity contribution in [2.75, 3.05) is 0 Å². The number of alkyl halides is 3. The zero-order chi connectivity index (χ0) is 21.1. The number of carbonyl (C=O) groups is 1. The molecule has 0 aliphatic carbocycles. The topological polar surface area (TPSA) is 71.6 Å². The van der Waals surface area contributed by atoms with Gasteiger partial charge in [-0.05, 0) is 17.7 Å². The van der Waals surface area contributed by atoms with Gasteiger partial charge in [0.1, 0.15) is 5.65 Å². The van der Waals surface area contributed by atoms with Gasteiger partial charge in [-0.15, -0.1) is 0 Å². The van der Waals surface area contributed by atoms with Crippen molar-refractivity contribution < 1.29 is 22.4 Å². The number of benzene rings is 1. The second-order valence-electron chi connectivity index (χ2n) is 6.64. The summed E-state index contributed by atoms with van der Waals surface area (Å²) in [6, 6.07) is 11.5. The number of amides is 2. The quantitative estimate of drug-likeness (QED) is 0.501. The number of fused-ring (bicyclic) bond motifs is 1. The van der Waals surface area contributed by atoms with E-state index in [0.29, 0.717) is 23.4 Å². The van der Waals surface area contributed by atoms with Crippen LogP contribution in [-0.2, 0) is 19.3 Å². The highest BCUT2D eigenvalue weighted by molar-refractivity contribution is 5.73. The summed E-state index contributed by atoms with van der Waals surface area (Å²) < 4.78 is 47.0. The molecule has 0 unspecified atom stereocenters. The molecule has 0 spiro atoms. The van der Waals surface area contributed by atoms with Crippen LogP contribution in [0.1, 0.15) is 16.8 Å². The smallest absolute Gasteiger partial charge is 0.420 e. The molecule has 0 aliphatic heterocycles. The van der Waals surface area contributed by atoms with Crippen molar-refractivity contribution >= 4 is 11.7 Å². The van der Waals surface area contributed by atoms with E-state index in [2.05, 4.69) is 15.6 Å². The molecule has 0 bridgehead atoms. The van der Waals surface area contributed by atoms with E-state index in [1.165, 1.54) is 23.1 Å². The first-order valence-electron chi connectivity index (χ1n) is 9.07. The minimum atomic E-state index is -4.58. The number of hydrogen-bond donors (Lipinski definition) is 2. The van der Waals surface area contributed by atoms with Crippen molar-refractivity contribution in [3.8, 4) is 11.1 Å². The van der Waals surface area contributed by atoms with Crippen LogP contribution in [0.3, 0.4) is 0 Å². The first kappa shape index (κ1) is 19.6. The molecule has 6 nitrogen and oxygen atoms in total. The standard InChI is InChI=1S/C21H17F3N4O2/c22-21(23,24)18-8-16(15-6-7-30-13-15)11-28-12-17(27-19(18)28)10-26-20(29)25-9-14-4-2-1-3-5-14/h1-8,11-13H,9-10H2,(H2,25,26,29). The van der Waals surface area contributed by atoms with Gasteiger partial charge in [-0.3, -0.25) is 0 Å². The lowest BCUT2D eigenvalue weighted by Gasteiger charge is -2.10. The Bertz CT molecular complexity index is 1150. The molecule has 3 heterocycles. The van der Waals surface area contributed by atoms with Crippen LogP contribution < -0.4 is 10.6 Å². The van der Waals surface area contributed by atoms with Gasteiger partial charge in [-0.2, -0.15) is 13.2 Å². The van der Waals surface area contributed by atoms with Gasteiger partial charge in [0.05, 0.1) is 30.3 Å². The van der Waals surface area contributed by atoms with Gasteiger partial charge in [0, 0.05) is 30.1 Å². The maximum Gasteiger partial charge on any atom is 0.420 e. The van der Waals surface area contributed by atoms with Gasteiger partial charge in [-0.1, -0.05) is 30.3 Å². The highest BCUT2D eigenvalue weighted by Crippen LogP contribution is 2.35. The predicted octanol–water partition coefficient (Wildman–Crippen LogP) is 4.61. The van der Waals surface area contributed by atoms with Crippen LogP contribution >= 0.6 is 0 Å². The Balaban J connectivity index is 1.51. The van der Waals surface area contributed by atoms with Crippen LogP contribution in [0, 0.1) is 0 Å². The molecule has 4 rings (SSSR count). The molecule has 4 aromatic rings. The normalized spacial score (nSPS) is 11.6. The monoisotopic (exact) mass is 414 g/mol. The predicted molar refractivity (Wildman–Crippen MR) is 103 cm³/mol. The van der Waals surface area contributed by atoms with Gasteiger partial charge in [0.2, 0.25) is 0 Å². The molecule has 0 radical (unpaired) electrons. The summed E-state index contributed by atoms with van der Waals surface area (Å²) in [5.74, 6) is 0. The van der Waals surface area contributed by atoms with Crippen LogP contribution in [0.15, 0.2) is 71.8 Å². The Morgan fingerprint density at radius 3 is 2.50 bits per heavy atom. The maximum absolute atomic E-state index is 13.6. The molecule has 9 heteroatoms. The number of pyridine rings is 1. The number of halogens is 3. The molecule has 0 fully saturated rings. The van der Waals surface area contributed by atoms with Crippen LogP contribution in [-0.4, -0.2) is 15.4 Å². The lowest BCUT2D eigenvalue weighted by Crippen LogP contribution is -2.34. The van der Waals surface area contributed by atoms with E-state index >= 15 is 0 Å². The fraction of sp³-hybridized carbons (Fsp3) is 0.143. The number of carbonyl (C=O) groups excluding carboxylic acids is 1. The number of nitrogens with zero attached hydrogens (tertiary/aromatic N) is 2. The summed E-state index contributed by atoms with van der Waals surface area (Å²) in [6.45, 7) is 0.324. The van der Waals surface area contributed by atoms with E-state index in [1.54, 1.807) is 12.3 Å². The second kappa shape index (κ2) is 7.94. The van der Waals surface area contributed by atoms with E-state index < -0.39 is 17.8 Å². The summed E-state index contributed by atoms with van der Waals surface area (Å²) in [6.07, 6.45) is 1.19. The third kappa shape index (κ3) is 4.29. The molecule has 1 aromatic carbocycles.